The molecule has 0 heterocycles. The molecule has 2 rings (SSSR count). The van der Waals surface area contributed by atoms with Gasteiger partial charge in [-0.05, 0) is 50.8 Å². The van der Waals surface area contributed by atoms with E-state index in [0.29, 0.717) is 11.6 Å². The average molecular weight is 266 g/mol. The van der Waals surface area contributed by atoms with Crippen LogP contribution in [-0.2, 0) is 6.54 Å². The number of phenols is 1. The summed E-state index contributed by atoms with van der Waals surface area (Å²) in [6, 6.07) is 5.24. The number of nitrogens with one attached hydrogen (secondary N) is 1. The Morgan fingerprint density at radius 3 is 2.89 bits per heavy atom. The second-order valence-electron chi connectivity index (χ2n) is 4.77. The van der Waals surface area contributed by atoms with Gasteiger partial charge in [0.25, 0.3) is 0 Å². The van der Waals surface area contributed by atoms with Gasteiger partial charge in [-0.25, -0.2) is 0 Å². The number of hydrogen-bond donors (Lipinski definition) is 2. The zero-order chi connectivity index (χ0) is 12.8. The van der Waals surface area contributed by atoms with Crippen molar-refractivity contribution in [2.24, 2.45) is 0 Å². The van der Waals surface area contributed by atoms with Crippen LogP contribution in [0.25, 0.3) is 0 Å². The van der Waals surface area contributed by atoms with Gasteiger partial charge in [-0.2, -0.15) is 0 Å². The molecule has 1 aliphatic carbocycles. The molecule has 0 aliphatic heterocycles. The maximum absolute atomic E-state index is 9.70. The van der Waals surface area contributed by atoms with E-state index in [1.807, 2.05) is 6.07 Å². The lowest BCUT2D eigenvalue weighted by Crippen LogP contribution is -2.16. The second-order valence-corrected chi connectivity index (χ2v) is 5.18. The summed E-state index contributed by atoms with van der Waals surface area (Å²) in [5, 5.41) is 13.7. The summed E-state index contributed by atoms with van der Waals surface area (Å²) < 4.78 is 0. The maximum atomic E-state index is 9.70. The van der Waals surface area contributed by atoms with Crippen LogP contribution in [0.2, 0.25) is 5.02 Å². The zero-order valence-corrected chi connectivity index (χ0v) is 11.3. The number of hydrogen-bond acceptors (Lipinski definition) is 2. The van der Waals surface area contributed by atoms with E-state index >= 15 is 0 Å². The second kappa shape index (κ2) is 6.81. The molecule has 0 fully saturated rings. The van der Waals surface area contributed by atoms with Gasteiger partial charge in [0.15, 0.2) is 0 Å². The molecule has 0 amide bonds. The first-order chi connectivity index (χ1) is 8.77. The van der Waals surface area contributed by atoms with Gasteiger partial charge in [-0.15, -0.1) is 0 Å². The highest BCUT2D eigenvalue weighted by Gasteiger charge is 2.06. The molecule has 98 valence electrons. The average Bonchev–Trinajstić information content (AvgIpc) is 2.38. The quantitative estimate of drug-likeness (QED) is 0.622. The molecule has 0 spiro atoms. The fourth-order valence-electron chi connectivity index (χ4n) is 2.32. The van der Waals surface area contributed by atoms with Crippen LogP contribution in [0.3, 0.4) is 0 Å². The third-order valence-electron chi connectivity index (χ3n) is 3.40. The minimum absolute atomic E-state index is 0.270. The SMILES string of the molecule is Oc1cccc(Cl)c1CNCCC1=CCCCC1. The number of rotatable bonds is 5. The van der Waals surface area contributed by atoms with Gasteiger partial charge in [-0.3, -0.25) is 0 Å². The molecule has 2 nitrogen and oxygen atoms in total. The number of phenolic OH excluding ortho intramolecular Hbond substituents is 1. The minimum Gasteiger partial charge on any atom is -0.508 e. The van der Waals surface area contributed by atoms with Crippen molar-refractivity contribution >= 4 is 11.6 Å². The Bertz CT molecular complexity index is 408. The van der Waals surface area contributed by atoms with Gasteiger partial charge in [0.2, 0.25) is 0 Å². The number of halogens is 1. The van der Waals surface area contributed by atoms with E-state index < -0.39 is 0 Å². The lowest BCUT2D eigenvalue weighted by Gasteiger charge is -2.13. The Kier molecular flexibility index (Phi) is 5.09. The van der Waals surface area contributed by atoms with Crippen LogP contribution >= 0.6 is 11.6 Å². The summed E-state index contributed by atoms with van der Waals surface area (Å²) in [7, 11) is 0. The predicted octanol–water partition coefficient (Wildman–Crippen LogP) is 4.03. The fourth-order valence-corrected chi connectivity index (χ4v) is 2.55. The molecule has 3 heteroatoms. The fraction of sp³-hybridized carbons (Fsp3) is 0.467. The summed E-state index contributed by atoms with van der Waals surface area (Å²) in [5.74, 6) is 0.270. The molecule has 0 bridgehead atoms. The molecule has 1 aromatic carbocycles. The van der Waals surface area contributed by atoms with Gasteiger partial charge in [0.05, 0.1) is 0 Å². The predicted molar refractivity (Wildman–Crippen MR) is 76.0 cm³/mol. The number of allylic oxidation sites excluding steroid dienone is 1. The van der Waals surface area contributed by atoms with Crippen LogP contribution in [0.1, 0.15) is 37.7 Å². The first-order valence-corrected chi connectivity index (χ1v) is 7.00. The van der Waals surface area contributed by atoms with Crippen LogP contribution in [0.4, 0.5) is 0 Å². The van der Waals surface area contributed by atoms with Crippen molar-refractivity contribution in [3.63, 3.8) is 0 Å². The molecule has 2 N–H and O–H groups in total. The smallest absolute Gasteiger partial charge is 0.121 e. The third kappa shape index (κ3) is 3.76. The molecular formula is C15H20ClNO. The van der Waals surface area contributed by atoms with Crippen LogP contribution in [0.5, 0.6) is 5.75 Å². The first-order valence-electron chi connectivity index (χ1n) is 6.62. The Morgan fingerprint density at radius 2 is 2.17 bits per heavy atom. The van der Waals surface area contributed by atoms with Gasteiger partial charge in [-0.1, -0.05) is 29.3 Å². The molecule has 0 aromatic heterocycles. The molecule has 0 unspecified atom stereocenters. The molecule has 0 saturated heterocycles. The van der Waals surface area contributed by atoms with Crippen molar-refractivity contribution in [2.75, 3.05) is 6.54 Å². The van der Waals surface area contributed by atoms with Crippen molar-refractivity contribution in [1.82, 2.24) is 5.32 Å². The van der Waals surface area contributed by atoms with Crippen LogP contribution < -0.4 is 5.32 Å². The highest BCUT2D eigenvalue weighted by Crippen LogP contribution is 2.25. The first kappa shape index (κ1) is 13.4. The largest absolute Gasteiger partial charge is 0.508 e. The van der Waals surface area contributed by atoms with Crippen molar-refractivity contribution in [1.29, 1.82) is 0 Å². The van der Waals surface area contributed by atoms with Crippen molar-refractivity contribution in [2.45, 2.75) is 38.6 Å². The summed E-state index contributed by atoms with van der Waals surface area (Å²) >= 11 is 6.05. The molecule has 0 atom stereocenters. The summed E-state index contributed by atoms with van der Waals surface area (Å²) in [5.41, 5.74) is 2.36. The Hall–Kier alpha value is -0.990. The monoisotopic (exact) mass is 265 g/mol. The van der Waals surface area contributed by atoms with Crippen LogP contribution in [-0.4, -0.2) is 11.7 Å². The van der Waals surface area contributed by atoms with E-state index in [2.05, 4.69) is 11.4 Å². The van der Waals surface area contributed by atoms with E-state index in [0.717, 1.165) is 18.5 Å². The van der Waals surface area contributed by atoms with Crippen molar-refractivity contribution in [3.8, 4) is 5.75 Å². The summed E-state index contributed by atoms with van der Waals surface area (Å²) in [4.78, 5) is 0. The van der Waals surface area contributed by atoms with Crippen molar-refractivity contribution < 1.29 is 5.11 Å². The molecule has 18 heavy (non-hydrogen) atoms. The molecule has 1 aliphatic rings. The van der Waals surface area contributed by atoms with E-state index in [1.54, 1.807) is 17.7 Å². The third-order valence-corrected chi connectivity index (χ3v) is 3.76. The lowest BCUT2D eigenvalue weighted by atomic mass is 9.97. The Morgan fingerprint density at radius 1 is 1.28 bits per heavy atom. The lowest BCUT2D eigenvalue weighted by molar-refractivity contribution is 0.464. The van der Waals surface area contributed by atoms with E-state index in [-0.39, 0.29) is 5.75 Å². The Labute approximate surface area is 114 Å². The van der Waals surface area contributed by atoms with Crippen LogP contribution in [0.15, 0.2) is 29.8 Å². The van der Waals surface area contributed by atoms with E-state index in [1.165, 1.54) is 25.7 Å². The van der Waals surface area contributed by atoms with E-state index in [9.17, 15) is 5.11 Å². The van der Waals surface area contributed by atoms with Gasteiger partial charge in [0.1, 0.15) is 5.75 Å². The van der Waals surface area contributed by atoms with Gasteiger partial charge >= 0.3 is 0 Å². The number of benzene rings is 1. The normalized spacial score (nSPS) is 15.5. The van der Waals surface area contributed by atoms with Crippen LogP contribution in [0, 0.1) is 0 Å². The summed E-state index contributed by atoms with van der Waals surface area (Å²) in [6.07, 6.45) is 8.63. The van der Waals surface area contributed by atoms with Crippen molar-refractivity contribution in [3.05, 3.63) is 40.4 Å². The molecule has 0 radical (unpaired) electrons. The highest BCUT2D eigenvalue weighted by atomic mass is 35.5. The maximum Gasteiger partial charge on any atom is 0.121 e. The van der Waals surface area contributed by atoms with Gasteiger partial charge in [0, 0.05) is 17.1 Å². The molecular weight excluding hydrogens is 246 g/mol. The molecule has 1 aromatic rings. The zero-order valence-electron chi connectivity index (χ0n) is 10.6. The molecule has 0 saturated carbocycles. The van der Waals surface area contributed by atoms with Gasteiger partial charge < -0.3 is 10.4 Å². The van der Waals surface area contributed by atoms with E-state index in [4.69, 9.17) is 11.6 Å². The minimum atomic E-state index is 0.270. The number of aromatic hydroxyl groups is 1. The Balaban J connectivity index is 1.76. The highest BCUT2D eigenvalue weighted by molar-refractivity contribution is 6.31. The summed E-state index contributed by atoms with van der Waals surface area (Å²) in [6.45, 7) is 1.56. The standard InChI is InChI=1S/C15H20ClNO/c16-14-7-4-8-15(18)13(14)11-17-10-9-12-5-2-1-3-6-12/h4-5,7-8,17-18H,1-3,6,9-11H2. The topological polar surface area (TPSA) is 32.3 Å².